The number of nitrogens with two attached hydrogens (primary N) is 1. The van der Waals surface area contributed by atoms with Crippen molar-refractivity contribution < 1.29 is 24.3 Å². The van der Waals surface area contributed by atoms with E-state index in [0.29, 0.717) is 6.42 Å². The fourth-order valence-electron chi connectivity index (χ4n) is 1.40. The zero-order valence-electron chi connectivity index (χ0n) is 13.5. The lowest BCUT2D eigenvalue weighted by Gasteiger charge is -2.19. The van der Waals surface area contributed by atoms with Gasteiger partial charge in [0, 0.05) is 13.0 Å². The van der Waals surface area contributed by atoms with Crippen LogP contribution >= 0.6 is 22.9 Å². The highest BCUT2D eigenvalue weighted by Crippen LogP contribution is 2.26. The molecule has 0 bridgehead atoms. The lowest BCUT2D eigenvalue weighted by molar-refractivity contribution is -0.129. The van der Waals surface area contributed by atoms with Crippen LogP contribution in [0.15, 0.2) is 5.16 Å². The molecule has 0 radical (unpaired) electrons. The summed E-state index contributed by atoms with van der Waals surface area (Å²) in [6.45, 7) is 5.65. The molecule has 1 heterocycles. The maximum absolute atomic E-state index is 11.4. The second kappa shape index (κ2) is 8.69. The van der Waals surface area contributed by atoms with E-state index >= 15 is 0 Å². The van der Waals surface area contributed by atoms with Gasteiger partial charge in [-0.05, 0) is 20.8 Å². The van der Waals surface area contributed by atoms with Crippen LogP contribution in [-0.4, -0.2) is 46.6 Å². The number of alkyl carbamates (subject to hydrolysis) is 1. The number of oxime groups is 1. The van der Waals surface area contributed by atoms with Gasteiger partial charge in [0.1, 0.15) is 22.2 Å². The highest BCUT2D eigenvalue weighted by molar-refractivity contribution is 7.19. The molecule has 0 aliphatic heterocycles. The first-order valence-corrected chi connectivity index (χ1v) is 8.12. The molecule has 24 heavy (non-hydrogen) atoms. The highest BCUT2D eigenvalue weighted by atomic mass is 35.5. The number of nitrogens with one attached hydrogen (secondary N) is 1. The number of rotatable bonds is 7. The Hall–Kier alpha value is -2.07. The summed E-state index contributed by atoms with van der Waals surface area (Å²) in [6.07, 6.45) is -0.135. The fraction of sp³-hybridized carbons (Fsp3) is 0.538. The summed E-state index contributed by atoms with van der Waals surface area (Å²) in [5, 5.41) is 15.3. The van der Waals surface area contributed by atoms with Crippen molar-refractivity contribution in [2.24, 2.45) is 5.16 Å². The molecule has 1 rings (SSSR count). The molecule has 0 spiro atoms. The summed E-state index contributed by atoms with van der Waals surface area (Å²) in [4.78, 5) is 31.3. The number of amides is 1. The maximum atomic E-state index is 11.4. The largest absolute Gasteiger partial charge is 0.476 e. The minimum atomic E-state index is -1.34. The third-order valence-corrected chi connectivity index (χ3v) is 3.35. The van der Waals surface area contributed by atoms with Crippen LogP contribution in [0, 0.1) is 0 Å². The number of halogens is 1. The van der Waals surface area contributed by atoms with Crippen molar-refractivity contribution >= 4 is 45.8 Å². The lowest BCUT2D eigenvalue weighted by Crippen LogP contribution is -2.33. The number of hydrogen-bond acceptors (Lipinski definition) is 8. The number of nitrogen functional groups attached to an aromatic ring is 1. The van der Waals surface area contributed by atoms with E-state index in [1.165, 1.54) is 0 Å². The van der Waals surface area contributed by atoms with Crippen molar-refractivity contribution in [2.75, 3.05) is 18.9 Å². The van der Waals surface area contributed by atoms with Crippen molar-refractivity contribution in [3.8, 4) is 0 Å². The van der Waals surface area contributed by atoms with Gasteiger partial charge in [-0.15, -0.1) is 0 Å². The molecule has 0 aromatic carbocycles. The van der Waals surface area contributed by atoms with Crippen LogP contribution in [0.1, 0.15) is 32.9 Å². The Balaban J connectivity index is 2.43. The molecule has 0 saturated heterocycles. The molecule has 0 saturated carbocycles. The second-order valence-electron chi connectivity index (χ2n) is 5.53. The van der Waals surface area contributed by atoms with Crippen molar-refractivity contribution in [2.45, 2.75) is 32.8 Å². The number of aliphatic carboxylic acids is 1. The summed E-state index contributed by atoms with van der Waals surface area (Å²) in [5.74, 6) is -1.34. The van der Waals surface area contributed by atoms with Crippen molar-refractivity contribution in [1.82, 2.24) is 10.3 Å². The number of aromatic nitrogens is 1. The number of thiazole rings is 1. The smallest absolute Gasteiger partial charge is 0.407 e. The van der Waals surface area contributed by atoms with Gasteiger partial charge in [0.25, 0.3) is 0 Å². The quantitative estimate of drug-likeness (QED) is 0.375. The van der Waals surface area contributed by atoms with Gasteiger partial charge in [0.2, 0.25) is 5.71 Å². The SMILES string of the molecule is CC(C)(C)OC(=O)NCCCO/N=C(\C(=O)O)c1nc(N)sc1Cl. The van der Waals surface area contributed by atoms with E-state index in [0.717, 1.165) is 11.3 Å². The number of nitrogens with zero attached hydrogens (tertiary/aromatic N) is 2. The Morgan fingerprint density at radius 1 is 1.46 bits per heavy atom. The average molecular weight is 379 g/mol. The van der Waals surface area contributed by atoms with Crippen LogP contribution in [0.2, 0.25) is 4.34 Å². The van der Waals surface area contributed by atoms with Gasteiger partial charge < -0.3 is 25.7 Å². The molecular weight excluding hydrogens is 360 g/mol. The molecule has 0 fully saturated rings. The van der Waals surface area contributed by atoms with E-state index in [1.807, 2.05) is 0 Å². The number of hydrogen-bond donors (Lipinski definition) is 3. The van der Waals surface area contributed by atoms with E-state index in [1.54, 1.807) is 20.8 Å². The topological polar surface area (TPSA) is 136 Å². The molecular formula is C13H19ClN4O5S. The fourth-order valence-corrected chi connectivity index (χ4v) is 2.33. The first-order valence-electron chi connectivity index (χ1n) is 6.92. The molecule has 0 unspecified atom stereocenters. The monoisotopic (exact) mass is 378 g/mol. The molecule has 0 aliphatic carbocycles. The first-order chi connectivity index (χ1) is 11.1. The van der Waals surface area contributed by atoms with E-state index in [2.05, 4.69) is 15.5 Å². The Kier molecular flexibility index (Phi) is 7.23. The van der Waals surface area contributed by atoms with Crippen LogP contribution in [-0.2, 0) is 14.4 Å². The van der Waals surface area contributed by atoms with Gasteiger partial charge in [-0.1, -0.05) is 28.1 Å². The number of anilines is 1. The van der Waals surface area contributed by atoms with Gasteiger partial charge in [-0.25, -0.2) is 14.6 Å². The van der Waals surface area contributed by atoms with Crippen molar-refractivity contribution in [3.63, 3.8) is 0 Å². The van der Waals surface area contributed by atoms with Gasteiger partial charge in [0.05, 0.1) is 0 Å². The third kappa shape index (κ3) is 7.01. The minimum absolute atomic E-state index is 0.0430. The van der Waals surface area contributed by atoms with Crippen LogP contribution in [0.3, 0.4) is 0 Å². The van der Waals surface area contributed by atoms with Crippen molar-refractivity contribution in [1.29, 1.82) is 0 Å². The first kappa shape index (κ1) is 20.0. The molecule has 1 amide bonds. The second-order valence-corrected chi connectivity index (χ2v) is 7.17. The summed E-state index contributed by atoms with van der Waals surface area (Å²) in [6, 6.07) is 0. The van der Waals surface area contributed by atoms with Crippen LogP contribution < -0.4 is 11.1 Å². The normalized spacial score (nSPS) is 11.9. The van der Waals surface area contributed by atoms with Gasteiger partial charge in [-0.2, -0.15) is 0 Å². The zero-order chi connectivity index (χ0) is 18.3. The highest BCUT2D eigenvalue weighted by Gasteiger charge is 2.21. The number of ether oxygens (including phenoxy) is 1. The molecule has 9 nitrogen and oxygen atoms in total. The Morgan fingerprint density at radius 2 is 2.12 bits per heavy atom. The number of carboxylic acid groups (broad SMARTS) is 1. The van der Waals surface area contributed by atoms with Crippen LogP contribution in [0.25, 0.3) is 0 Å². The molecule has 11 heteroatoms. The van der Waals surface area contributed by atoms with Crippen molar-refractivity contribution in [3.05, 3.63) is 10.0 Å². The van der Waals surface area contributed by atoms with E-state index < -0.39 is 23.4 Å². The molecule has 134 valence electrons. The Bertz CT molecular complexity index is 626. The molecule has 0 aliphatic rings. The standard InChI is InChI=1S/C13H19ClN4O5S/c1-13(2,3)23-12(21)16-5-4-6-22-18-8(10(19)20)7-9(14)24-11(15)17-7/h4-6H2,1-3H3,(H2,15,17)(H,16,21)(H,19,20)/b18-8-. The van der Waals surface area contributed by atoms with E-state index in [4.69, 9.17) is 32.0 Å². The molecule has 4 N–H and O–H groups in total. The molecule has 1 aromatic heterocycles. The Labute approximate surface area is 147 Å². The maximum Gasteiger partial charge on any atom is 0.407 e. The number of carbonyl (C=O) groups is 2. The van der Waals surface area contributed by atoms with Gasteiger partial charge in [0.15, 0.2) is 5.13 Å². The summed E-state index contributed by atoms with van der Waals surface area (Å²) >= 11 is 6.79. The summed E-state index contributed by atoms with van der Waals surface area (Å²) in [7, 11) is 0. The van der Waals surface area contributed by atoms with Crippen LogP contribution in [0.4, 0.5) is 9.93 Å². The summed E-state index contributed by atoms with van der Waals surface area (Å²) in [5.41, 5.74) is 4.41. The van der Waals surface area contributed by atoms with E-state index in [9.17, 15) is 9.59 Å². The predicted molar refractivity (Wildman–Crippen MR) is 90.5 cm³/mol. The average Bonchev–Trinajstić information content (AvgIpc) is 2.74. The number of carboxylic acids is 1. The van der Waals surface area contributed by atoms with Gasteiger partial charge >= 0.3 is 12.1 Å². The number of carbonyl (C=O) groups excluding carboxylic acids is 1. The minimum Gasteiger partial charge on any atom is -0.476 e. The molecule has 1 aromatic rings. The predicted octanol–water partition coefficient (Wildman–Crippen LogP) is 2.10. The zero-order valence-corrected chi connectivity index (χ0v) is 15.0. The summed E-state index contributed by atoms with van der Waals surface area (Å²) < 4.78 is 5.17. The van der Waals surface area contributed by atoms with Gasteiger partial charge in [-0.3, -0.25) is 0 Å². The van der Waals surface area contributed by atoms with Crippen LogP contribution in [0.5, 0.6) is 0 Å². The molecule has 0 atom stereocenters. The third-order valence-electron chi connectivity index (χ3n) is 2.27. The van der Waals surface area contributed by atoms with E-state index in [-0.39, 0.29) is 28.3 Å². The lowest BCUT2D eigenvalue weighted by atomic mass is 10.2. The Morgan fingerprint density at radius 3 is 2.62 bits per heavy atom.